The van der Waals surface area contributed by atoms with Crippen LogP contribution in [0.5, 0.6) is 11.5 Å². The number of hydrogen-bond donors (Lipinski definition) is 2. The normalized spacial score (nSPS) is 14.3. The lowest BCUT2D eigenvalue weighted by Crippen LogP contribution is -2.51. The molecule has 7 rings (SSSR count). The van der Waals surface area contributed by atoms with Crippen LogP contribution in [0.2, 0.25) is 10.0 Å². The number of anilines is 2. The minimum absolute atomic E-state index is 0.226. The van der Waals surface area contributed by atoms with E-state index in [1.165, 1.54) is 0 Å². The molecular formula is C47H65Cl2N13O3. The molecule has 1 saturated heterocycles. The van der Waals surface area contributed by atoms with Gasteiger partial charge in [-0.05, 0) is 81.7 Å². The maximum absolute atomic E-state index is 11.7. The van der Waals surface area contributed by atoms with Crippen LogP contribution in [0.15, 0.2) is 36.4 Å². The number of aliphatic hydroxyl groups is 1. The molecule has 0 amide bonds. The molecule has 6 aromatic rings. The van der Waals surface area contributed by atoms with Crippen LogP contribution < -0.4 is 19.7 Å². The average molecular weight is 931 g/mol. The highest BCUT2D eigenvalue weighted by Gasteiger charge is 2.32. The molecule has 0 radical (unpaired) electrons. The number of aryl methyl sites for hydroxylation is 4. The van der Waals surface area contributed by atoms with Crippen LogP contribution in [-0.2, 0) is 53.1 Å². The minimum Gasteiger partial charge on any atom is -0.495 e. The summed E-state index contributed by atoms with van der Waals surface area (Å²) in [6.07, 6.45) is 4.94. The lowest BCUT2D eigenvalue weighted by molar-refractivity contribution is 0.114. The van der Waals surface area contributed by atoms with Gasteiger partial charge in [0.1, 0.15) is 51.4 Å². The van der Waals surface area contributed by atoms with Gasteiger partial charge in [0, 0.05) is 46.3 Å². The number of likely N-dealkylation sites (tertiary alicyclic amines) is 1. The Morgan fingerprint density at radius 2 is 1.37 bits per heavy atom. The van der Waals surface area contributed by atoms with Gasteiger partial charge in [0.15, 0.2) is 11.6 Å². The van der Waals surface area contributed by atoms with E-state index in [1.807, 2.05) is 59.9 Å². The van der Waals surface area contributed by atoms with Crippen LogP contribution in [0.4, 0.5) is 11.6 Å². The molecule has 0 bridgehead atoms. The van der Waals surface area contributed by atoms with Gasteiger partial charge in [-0.3, -0.25) is 19.2 Å². The van der Waals surface area contributed by atoms with Crippen molar-refractivity contribution < 1.29 is 14.6 Å². The third kappa shape index (κ3) is 10.7. The van der Waals surface area contributed by atoms with Crippen LogP contribution in [0.3, 0.4) is 0 Å². The van der Waals surface area contributed by atoms with Crippen LogP contribution in [0.25, 0.3) is 22.1 Å². The molecule has 0 aliphatic carbocycles. The molecule has 65 heavy (non-hydrogen) atoms. The van der Waals surface area contributed by atoms with Gasteiger partial charge in [-0.25, -0.2) is 19.9 Å². The lowest BCUT2D eigenvalue weighted by atomic mass is 10.0. The summed E-state index contributed by atoms with van der Waals surface area (Å²) in [5, 5.41) is 26.2. The number of likely N-dealkylation sites (N-methyl/N-ethyl adjacent to an activating group) is 1. The third-order valence-corrected chi connectivity index (χ3v) is 13.0. The molecular weight excluding hydrogens is 866 g/mol. The first-order valence-electron chi connectivity index (χ1n) is 22.7. The Labute approximate surface area is 392 Å². The number of fused-ring (bicyclic) bond motifs is 2. The van der Waals surface area contributed by atoms with E-state index in [0.717, 1.165) is 102 Å². The number of aromatic nitrogens is 8. The minimum atomic E-state index is -0.589. The van der Waals surface area contributed by atoms with Crippen molar-refractivity contribution in [1.29, 1.82) is 0 Å². The van der Waals surface area contributed by atoms with Gasteiger partial charge in [-0.1, -0.05) is 68.9 Å². The maximum atomic E-state index is 11.7. The fourth-order valence-electron chi connectivity index (χ4n) is 8.97. The van der Waals surface area contributed by atoms with Crippen molar-refractivity contribution in [1.82, 2.24) is 54.2 Å². The number of halogens is 2. The smallest absolute Gasteiger partial charge is 0.160 e. The Morgan fingerprint density at radius 3 is 1.94 bits per heavy atom. The Kier molecular flexibility index (Phi) is 16.0. The average Bonchev–Trinajstić information content (AvgIpc) is 3.78. The molecule has 0 saturated carbocycles. The van der Waals surface area contributed by atoms with Gasteiger partial charge >= 0.3 is 0 Å². The highest BCUT2D eigenvalue weighted by Crippen LogP contribution is 2.34. The number of methoxy groups -OCH3 is 2. The third-order valence-electron chi connectivity index (χ3n) is 12.4. The van der Waals surface area contributed by atoms with Crippen molar-refractivity contribution in [2.45, 2.75) is 97.7 Å². The summed E-state index contributed by atoms with van der Waals surface area (Å²) in [4.78, 5) is 30.2. The summed E-state index contributed by atoms with van der Waals surface area (Å²) >= 11 is 13.3. The maximum Gasteiger partial charge on any atom is 0.160 e. The summed E-state index contributed by atoms with van der Waals surface area (Å²) < 4.78 is 14.7. The molecule has 350 valence electrons. The predicted molar refractivity (Wildman–Crippen MR) is 259 cm³/mol. The first-order valence-corrected chi connectivity index (χ1v) is 23.5. The number of nitrogens with zero attached hydrogens (tertiary/aromatic N) is 12. The van der Waals surface area contributed by atoms with Gasteiger partial charge in [-0.15, -0.1) is 0 Å². The van der Waals surface area contributed by atoms with Crippen molar-refractivity contribution in [3.05, 3.63) is 80.6 Å². The SMILES string of the molecule is CCCc1nn(C)c2c(NCc3ccc(OC)c(Cl)c3)nc(CN(CC)C(CO)N(Cc3ccc(OC)c(Cl)c3)c3nc(CN4CCC(N(C)C)CC4)nc4c(CCC)nn(C)c34)nc12. The van der Waals surface area contributed by atoms with Gasteiger partial charge in [0.2, 0.25) is 0 Å². The van der Waals surface area contributed by atoms with Gasteiger partial charge in [-0.2, -0.15) is 10.2 Å². The van der Waals surface area contributed by atoms with E-state index in [4.69, 9.17) is 62.8 Å². The first kappa shape index (κ1) is 48.1. The highest BCUT2D eigenvalue weighted by atomic mass is 35.5. The molecule has 1 unspecified atom stereocenters. The molecule has 5 heterocycles. The number of ether oxygens (including phenoxy) is 2. The van der Waals surface area contributed by atoms with Crippen molar-refractivity contribution in [3.8, 4) is 11.5 Å². The van der Waals surface area contributed by atoms with E-state index in [0.29, 0.717) is 77.8 Å². The Morgan fingerprint density at radius 1 is 0.785 bits per heavy atom. The standard InChI is InChI=1S/C47H65Cl2N13O3/c1-10-13-35-42-44(58(6)55-35)46(50-25-30-15-17-37(64-8)33(48)23-30)53-40(52-42)28-61(12-3)41(29-63)62(26-31-16-18-38(65-9)34(49)24-31)47-45-43(36(14-11-2)56-59(45)7)51-39(54-47)27-60-21-19-32(20-22-60)57(4)5/h15-18,23-24,32,41,63H,10-14,19-22,25-29H2,1-9H3,(H,50,52,53). The fraction of sp³-hybridized carbons (Fsp3) is 0.532. The number of hydrogen-bond acceptors (Lipinski definition) is 14. The molecule has 0 spiro atoms. The Hall–Kier alpha value is -4.84. The number of aliphatic hydroxyl groups excluding tert-OH is 1. The molecule has 1 aliphatic heterocycles. The van der Waals surface area contributed by atoms with Crippen molar-refractivity contribution in [2.75, 3.05) is 64.8 Å². The summed E-state index contributed by atoms with van der Waals surface area (Å²) in [5.41, 5.74) is 6.98. The second-order valence-electron chi connectivity index (χ2n) is 17.1. The lowest BCUT2D eigenvalue weighted by Gasteiger charge is -2.39. The molecule has 1 fully saturated rings. The van der Waals surface area contributed by atoms with Gasteiger partial charge < -0.3 is 29.7 Å². The zero-order chi connectivity index (χ0) is 46.4. The first-order chi connectivity index (χ1) is 31.4. The number of benzene rings is 2. The molecule has 1 aliphatic rings. The number of piperidine rings is 1. The highest BCUT2D eigenvalue weighted by molar-refractivity contribution is 6.32. The van der Waals surface area contributed by atoms with Crippen molar-refractivity contribution >= 4 is 56.9 Å². The topological polar surface area (TPSA) is 151 Å². The Balaban J connectivity index is 1.32. The molecule has 16 nitrogen and oxygen atoms in total. The molecule has 18 heteroatoms. The second kappa shape index (κ2) is 21.6. The van der Waals surface area contributed by atoms with E-state index < -0.39 is 6.17 Å². The number of nitrogens with one attached hydrogen (secondary N) is 1. The fourth-order valence-corrected chi connectivity index (χ4v) is 9.54. The summed E-state index contributed by atoms with van der Waals surface area (Å²) in [7, 11) is 11.4. The van der Waals surface area contributed by atoms with E-state index in [-0.39, 0.29) is 6.61 Å². The quantitative estimate of drug-likeness (QED) is 0.0698. The zero-order valence-corrected chi connectivity index (χ0v) is 40.9. The van der Waals surface area contributed by atoms with Crippen LogP contribution >= 0.6 is 23.2 Å². The van der Waals surface area contributed by atoms with E-state index in [2.05, 4.69) is 59.8 Å². The van der Waals surface area contributed by atoms with Crippen LogP contribution in [0, 0.1) is 0 Å². The molecule has 2 aromatic carbocycles. The molecule has 1 atom stereocenters. The molecule has 4 aromatic heterocycles. The van der Waals surface area contributed by atoms with Gasteiger partial charge in [0.05, 0.1) is 55.3 Å². The summed E-state index contributed by atoms with van der Waals surface area (Å²) in [6.45, 7) is 10.4. The van der Waals surface area contributed by atoms with Crippen molar-refractivity contribution in [2.24, 2.45) is 14.1 Å². The summed E-state index contributed by atoms with van der Waals surface area (Å²) in [5.74, 6) is 3.85. The molecule has 2 N–H and O–H groups in total. The summed E-state index contributed by atoms with van der Waals surface area (Å²) in [6, 6.07) is 12.1. The zero-order valence-electron chi connectivity index (χ0n) is 39.4. The monoisotopic (exact) mass is 929 g/mol. The van der Waals surface area contributed by atoms with Gasteiger partial charge in [0.25, 0.3) is 0 Å². The van der Waals surface area contributed by atoms with Crippen molar-refractivity contribution in [3.63, 3.8) is 0 Å². The van der Waals surface area contributed by atoms with Crippen LogP contribution in [0.1, 0.15) is 80.6 Å². The van der Waals surface area contributed by atoms with Crippen LogP contribution in [-0.4, -0.2) is 126 Å². The number of rotatable bonds is 21. The van der Waals surface area contributed by atoms with E-state index >= 15 is 0 Å². The van der Waals surface area contributed by atoms with E-state index in [9.17, 15) is 5.11 Å². The second-order valence-corrected chi connectivity index (χ2v) is 17.9. The van der Waals surface area contributed by atoms with E-state index in [1.54, 1.807) is 14.2 Å². The predicted octanol–water partition coefficient (Wildman–Crippen LogP) is 7.25. The largest absolute Gasteiger partial charge is 0.495 e. The Bertz CT molecular complexity index is 2560.